The molecule has 0 spiro atoms. The van der Waals surface area contributed by atoms with Crippen molar-refractivity contribution in [2.45, 2.75) is 18.4 Å². The number of nitrogens with one attached hydrogen (secondary N) is 1. The maximum absolute atomic E-state index is 10.8. The summed E-state index contributed by atoms with van der Waals surface area (Å²) in [6.45, 7) is 0. The number of nitrogens with zero attached hydrogens (tertiary/aromatic N) is 1. The van der Waals surface area contributed by atoms with Crippen LogP contribution in [0.2, 0.25) is 0 Å². The predicted molar refractivity (Wildman–Crippen MR) is 107 cm³/mol. The molecule has 0 amide bonds. The Morgan fingerprint density at radius 2 is 1.63 bits per heavy atom. The Hall–Kier alpha value is -2.74. The fraction of sp³-hybridized carbons (Fsp3) is 0.150. The zero-order valence-electron chi connectivity index (χ0n) is 14.6. The predicted octanol–water partition coefficient (Wildman–Crippen LogP) is 3.46. The molecule has 140 valence electrons. The van der Waals surface area contributed by atoms with Crippen LogP contribution in [0.1, 0.15) is 17.9 Å². The van der Waals surface area contributed by atoms with E-state index in [1.54, 1.807) is 24.4 Å². The van der Waals surface area contributed by atoms with Crippen molar-refractivity contribution in [3.63, 3.8) is 0 Å². The van der Waals surface area contributed by atoms with Gasteiger partial charge in [0.1, 0.15) is 0 Å². The summed E-state index contributed by atoms with van der Waals surface area (Å²) in [7, 11) is -4.28. The van der Waals surface area contributed by atoms with Crippen molar-refractivity contribution in [3.8, 4) is 11.3 Å². The molecule has 1 heterocycles. The molecule has 1 aliphatic rings. The Labute approximate surface area is 159 Å². The largest absolute Gasteiger partial charge is 0.357 e. The normalized spacial score (nSPS) is 18.1. The Kier molecular flexibility index (Phi) is 5.85. The lowest BCUT2D eigenvalue weighted by molar-refractivity contribution is 0.489. The second-order valence-electron chi connectivity index (χ2n) is 6.30. The van der Waals surface area contributed by atoms with E-state index in [4.69, 9.17) is 10.3 Å². The van der Waals surface area contributed by atoms with Gasteiger partial charge in [-0.25, -0.2) is 0 Å². The summed E-state index contributed by atoms with van der Waals surface area (Å²) < 4.78 is 32.5. The van der Waals surface area contributed by atoms with Gasteiger partial charge in [-0.15, -0.1) is 0 Å². The van der Waals surface area contributed by atoms with Gasteiger partial charge in [0.25, 0.3) is 0 Å². The first-order chi connectivity index (χ1) is 12.9. The van der Waals surface area contributed by atoms with Crippen molar-refractivity contribution < 1.29 is 13.0 Å². The SMILES string of the molecule is N[C@@H]1C[C@H]1c1ccc(-c2cccc(NS(=O)(=O)O)c2)nc1.c1ccccc1. The van der Waals surface area contributed by atoms with Crippen LogP contribution in [0.5, 0.6) is 0 Å². The summed E-state index contributed by atoms with van der Waals surface area (Å²) in [5, 5.41) is 0. The maximum atomic E-state index is 10.8. The molecule has 2 atom stereocenters. The number of rotatable bonds is 4. The van der Waals surface area contributed by atoms with E-state index in [-0.39, 0.29) is 11.7 Å². The molecule has 1 aliphatic carbocycles. The van der Waals surface area contributed by atoms with E-state index >= 15 is 0 Å². The minimum Gasteiger partial charge on any atom is -0.327 e. The molecular weight excluding hydrogens is 362 g/mol. The summed E-state index contributed by atoms with van der Waals surface area (Å²) in [5.41, 5.74) is 8.70. The molecule has 7 heteroatoms. The monoisotopic (exact) mass is 383 g/mol. The fourth-order valence-corrected chi connectivity index (χ4v) is 3.09. The molecule has 2 aromatic carbocycles. The van der Waals surface area contributed by atoms with Gasteiger partial charge >= 0.3 is 10.3 Å². The first kappa shape index (κ1) is 19.0. The van der Waals surface area contributed by atoms with Crippen molar-refractivity contribution >= 4 is 16.0 Å². The second kappa shape index (κ2) is 8.30. The number of pyridine rings is 1. The van der Waals surface area contributed by atoms with Crippen LogP contribution in [-0.4, -0.2) is 24.0 Å². The van der Waals surface area contributed by atoms with Crippen LogP contribution in [0, 0.1) is 0 Å². The minimum atomic E-state index is -4.28. The van der Waals surface area contributed by atoms with E-state index in [0.29, 0.717) is 5.92 Å². The molecule has 0 unspecified atom stereocenters. The number of anilines is 1. The number of nitrogens with two attached hydrogens (primary N) is 1. The first-order valence-electron chi connectivity index (χ1n) is 8.49. The standard InChI is InChI=1S/C14H15N3O3S.C6H6/c15-13-7-12(13)10-4-5-14(16-8-10)9-2-1-3-11(6-9)17-21(18,19)20;1-2-4-6-5-3-1/h1-6,8,12-13,17H,7,15H2,(H,18,19,20);1-6H/t12-,13+;/m0./s1. The van der Waals surface area contributed by atoms with Crippen LogP contribution in [0.25, 0.3) is 11.3 Å². The third-order valence-electron chi connectivity index (χ3n) is 4.13. The Morgan fingerprint density at radius 3 is 2.11 bits per heavy atom. The van der Waals surface area contributed by atoms with Crippen LogP contribution >= 0.6 is 0 Å². The maximum Gasteiger partial charge on any atom is 0.357 e. The summed E-state index contributed by atoms with van der Waals surface area (Å²) in [4.78, 5) is 4.39. The second-order valence-corrected chi connectivity index (χ2v) is 7.45. The highest BCUT2D eigenvalue weighted by molar-refractivity contribution is 7.87. The molecule has 1 saturated carbocycles. The molecule has 0 saturated heterocycles. The van der Waals surface area contributed by atoms with Crippen molar-refractivity contribution in [1.29, 1.82) is 0 Å². The average Bonchev–Trinajstić information content (AvgIpc) is 3.39. The van der Waals surface area contributed by atoms with Gasteiger partial charge in [-0.2, -0.15) is 8.42 Å². The van der Waals surface area contributed by atoms with E-state index < -0.39 is 10.3 Å². The molecule has 4 rings (SSSR count). The number of benzene rings is 2. The van der Waals surface area contributed by atoms with Crippen LogP contribution in [-0.2, 0) is 10.3 Å². The molecule has 0 radical (unpaired) electrons. The highest BCUT2D eigenvalue weighted by Crippen LogP contribution is 2.38. The summed E-state index contributed by atoms with van der Waals surface area (Å²) in [6, 6.07) is 22.8. The lowest BCUT2D eigenvalue weighted by Crippen LogP contribution is -2.10. The van der Waals surface area contributed by atoms with E-state index in [2.05, 4.69) is 4.98 Å². The first-order valence-corrected chi connectivity index (χ1v) is 9.93. The van der Waals surface area contributed by atoms with Gasteiger partial charge in [0.2, 0.25) is 0 Å². The molecule has 0 bridgehead atoms. The molecular formula is C20H21N3O3S. The van der Waals surface area contributed by atoms with Gasteiger partial charge in [0.05, 0.1) is 11.4 Å². The Morgan fingerprint density at radius 1 is 1.00 bits per heavy atom. The summed E-state index contributed by atoms with van der Waals surface area (Å²) in [5.74, 6) is 0.402. The zero-order valence-corrected chi connectivity index (χ0v) is 15.4. The van der Waals surface area contributed by atoms with Gasteiger partial charge < -0.3 is 5.73 Å². The molecule has 6 nitrogen and oxygen atoms in total. The lowest BCUT2D eigenvalue weighted by atomic mass is 10.1. The van der Waals surface area contributed by atoms with E-state index in [1.807, 2.05) is 59.3 Å². The Bertz CT molecular complexity index is 950. The fourth-order valence-electron chi connectivity index (χ4n) is 2.67. The quantitative estimate of drug-likeness (QED) is 0.598. The number of aromatic nitrogens is 1. The van der Waals surface area contributed by atoms with Gasteiger partial charge in [0, 0.05) is 23.7 Å². The topological polar surface area (TPSA) is 105 Å². The summed E-state index contributed by atoms with van der Waals surface area (Å²) >= 11 is 0. The van der Waals surface area contributed by atoms with Crippen molar-refractivity contribution in [2.75, 3.05) is 4.72 Å². The third kappa shape index (κ3) is 5.89. The highest BCUT2D eigenvalue weighted by atomic mass is 32.2. The van der Waals surface area contributed by atoms with Gasteiger partial charge in [-0.1, -0.05) is 54.6 Å². The Balaban J connectivity index is 0.000000299. The highest BCUT2D eigenvalue weighted by Gasteiger charge is 2.34. The van der Waals surface area contributed by atoms with Crippen molar-refractivity contribution in [2.24, 2.45) is 5.73 Å². The van der Waals surface area contributed by atoms with E-state index in [1.165, 1.54) is 0 Å². The van der Waals surface area contributed by atoms with Crippen LogP contribution in [0.15, 0.2) is 79.0 Å². The number of hydrogen-bond donors (Lipinski definition) is 3. The van der Waals surface area contributed by atoms with Gasteiger partial charge in [-0.3, -0.25) is 14.3 Å². The molecule has 3 aromatic rings. The summed E-state index contributed by atoms with van der Waals surface area (Å²) in [6.07, 6.45) is 2.80. The van der Waals surface area contributed by atoms with E-state index in [9.17, 15) is 8.42 Å². The molecule has 4 N–H and O–H groups in total. The number of hydrogen-bond acceptors (Lipinski definition) is 4. The third-order valence-corrected chi connectivity index (χ3v) is 4.62. The smallest absolute Gasteiger partial charge is 0.327 e. The molecule has 1 fully saturated rings. The lowest BCUT2D eigenvalue weighted by Gasteiger charge is -2.06. The van der Waals surface area contributed by atoms with E-state index in [0.717, 1.165) is 23.2 Å². The van der Waals surface area contributed by atoms with Gasteiger partial charge in [0.15, 0.2) is 0 Å². The van der Waals surface area contributed by atoms with Crippen LogP contribution < -0.4 is 10.5 Å². The van der Waals surface area contributed by atoms with Crippen molar-refractivity contribution in [3.05, 3.63) is 84.6 Å². The zero-order chi connectivity index (χ0) is 19.3. The van der Waals surface area contributed by atoms with Crippen LogP contribution in [0.4, 0.5) is 5.69 Å². The van der Waals surface area contributed by atoms with Gasteiger partial charge in [-0.05, 0) is 30.2 Å². The molecule has 0 aliphatic heterocycles. The van der Waals surface area contributed by atoms with Crippen molar-refractivity contribution in [1.82, 2.24) is 4.98 Å². The van der Waals surface area contributed by atoms with Crippen LogP contribution in [0.3, 0.4) is 0 Å². The molecule has 1 aromatic heterocycles. The average molecular weight is 383 g/mol. The minimum absolute atomic E-state index is 0.236. The molecule has 27 heavy (non-hydrogen) atoms.